The summed E-state index contributed by atoms with van der Waals surface area (Å²) in [4.78, 5) is 17.8. The number of fused-ring (bicyclic) bond motifs is 1. The van der Waals surface area contributed by atoms with Gasteiger partial charge in [0.25, 0.3) is 15.6 Å². The van der Waals surface area contributed by atoms with Gasteiger partial charge in [0, 0.05) is 12.3 Å². The maximum atomic E-state index is 14.4. The van der Waals surface area contributed by atoms with E-state index in [0.29, 0.717) is 5.52 Å². The average molecular weight is 506 g/mol. The quantitative estimate of drug-likeness (QED) is 0.442. The van der Waals surface area contributed by atoms with Gasteiger partial charge in [0.2, 0.25) is 0 Å². The van der Waals surface area contributed by atoms with Crippen LogP contribution in [0.5, 0.6) is 5.75 Å². The van der Waals surface area contributed by atoms with E-state index in [9.17, 15) is 17.6 Å². The summed E-state index contributed by atoms with van der Waals surface area (Å²) in [5.74, 6) is -0.680. The van der Waals surface area contributed by atoms with Crippen molar-refractivity contribution in [1.29, 1.82) is 0 Å². The van der Waals surface area contributed by atoms with Crippen LogP contribution in [-0.2, 0) is 10.0 Å². The van der Waals surface area contributed by atoms with Crippen LogP contribution in [0.15, 0.2) is 69.0 Å². The molecule has 0 amide bonds. The Labute approximate surface area is 183 Å². The molecule has 0 saturated heterocycles. The minimum absolute atomic E-state index is 0.0722. The van der Waals surface area contributed by atoms with Crippen molar-refractivity contribution in [3.05, 3.63) is 75.5 Å². The highest BCUT2D eigenvalue weighted by Crippen LogP contribution is 2.40. The molecule has 0 aliphatic heterocycles. The SMILES string of the molecule is COc1cc(Br)c(F)cc1N(c1cccnn1)S(=O)(=O)c1ccc2[nH]c(=O)cnc2c1. The lowest BCUT2D eigenvalue weighted by Crippen LogP contribution is -2.28. The van der Waals surface area contributed by atoms with Gasteiger partial charge in [-0.1, -0.05) is 0 Å². The van der Waals surface area contributed by atoms with Crippen LogP contribution in [0.4, 0.5) is 15.9 Å². The van der Waals surface area contributed by atoms with Crippen LogP contribution in [0.2, 0.25) is 0 Å². The number of methoxy groups -OCH3 is 1. The number of halogens is 2. The average Bonchev–Trinajstić information content (AvgIpc) is 2.76. The largest absolute Gasteiger partial charge is 0.494 e. The Balaban J connectivity index is 1.97. The molecule has 0 saturated carbocycles. The van der Waals surface area contributed by atoms with Gasteiger partial charge in [0.15, 0.2) is 5.82 Å². The van der Waals surface area contributed by atoms with Gasteiger partial charge >= 0.3 is 0 Å². The van der Waals surface area contributed by atoms with Crippen LogP contribution in [0.25, 0.3) is 11.0 Å². The van der Waals surface area contributed by atoms with Crippen molar-refractivity contribution in [2.24, 2.45) is 0 Å². The lowest BCUT2D eigenvalue weighted by Gasteiger charge is -2.25. The number of sulfonamides is 1. The Morgan fingerprint density at radius 2 is 2.00 bits per heavy atom. The van der Waals surface area contributed by atoms with E-state index in [1.54, 1.807) is 0 Å². The molecule has 158 valence electrons. The van der Waals surface area contributed by atoms with E-state index < -0.39 is 21.4 Å². The first-order chi connectivity index (χ1) is 14.8. The van der Waals surface area contributed by atoms with Gasteiger partial charge in [0.1, 0.15) is 17.3 Å². The number of nitrogens with zero attached hydrogens (tertiary/aromatic N) is 4. The molecule has 0 atom stereocenters. The van der Waals surface area contributed by atoms with E-state index in [1.807, 2.05) is 0 Å². The number of hydrogen-bond donors (Lipinski definition) is 1. The molecule has 4 rings (SSSR count). The molecule has 1 N–H and O–H groups in total. The van der Waals surface area contributed by atoms with Crippen molar-refractivity contribution in [3.63, 3.8) is 0 Å². The Morgan fingerprint density at radius 3 is 2.71 bits per heavy atom. The number of nitrogens with one attached hydrogen (secondary N) is 1. The number of aromatic nitrogens is 4. The summed E-state index contributed by atoms with van der Waals surface area (Å²) in [5, 5.41) is 7.63. The van der Waals surface area contributed by atoms with Gasteiger partial charge in [-0.3, -0.25) is 4.79 Å². The fourth-order valence-electron chi connectivity index (χ4n) is 2.90. The molecule has 2 aromatic heterocycles. The highest BCUT2D eigenvalue weighted by molar-refractivity contribution is 9.10. The molecule has 12 heteroatoms. The van der Waals surface area contributed by atoms with Gasteiger partial charge < -0.3 is 9.72 Å². The van der Waals surface area contributed by atoms with Crippen LogP contribution < -0.4 is 14.6 Å². The van der Waals surface area contributed by atoms with Crippen molar-refractivity contribution < 1.29 is 17.5 Å². The van der Waals surface area contributed by atoms with Crippen LogP contribution in [-0.4, -0.2) is 35.7 Å². The predicted molar refractivity (Wildman–Crippen MR) is 114 cm³/mol. The van der Waals surface area contributed by atoms with E-state index >= 15 is 0 Å². The summed E-state index contributed by atoms with van der Waals surface area (Å²) >= 11 is 3.07. The molecule has 2 aromatic carbocycles. The standard InChI is InChI=1S/C19H13BrFN5O4S/c1-30-17-8-12(20)13(21)9-16(17)26(18-3-2-6-23-25-18)31(28,29)11-4-5-14-15(7-11)22-10-19(27)24-14/h2-10H,1H3,(H,24,27). The van der Waals surface area contributed by atoms with Crippen molar-refractivity contribution in [2.45, 2.75) is 4.90 Å². The van der Waals surface area contributed by atoms with Gasteiger partial charge in [-0.15, -0.1) is 5.10 Å². The lowest BCUT2D eigenvalue weighted by molar-refractivity contribution is 0.414. The third-order valence-corrected chi connectivity index (χ3v) is 6.61. The van der Waals surface area contributed by atoms with E-state index in [-0.39, 0.29) is 32.1 Å². The second kappa shape index (κ2) is 8.04. The fourth-order valence-corrected chi connectivity index (χ4v) is 4.68. The lowest BCUT2D eigenvalue weighted by atomic mass is 10.2. The highest BCUT2D eigenvalue weighted by atomic mass is 79.9. The molecule has 0 aliphatic rings. The molecule has 4 aromatic rings. The monoisotopic (exact) mass is 505 g/mol. The number of aromatic amines is 1. The van der Waals surface area contributed by atoms with E-state index in [4.69, 9.17) is 4.74 Å². The zero-order chi connectivity index (χ0) is 22.2. The summed E-state index contributed by atoms with van der Waals surface area (Å²) in [6.45, 7) is 0. The molecule has 31 heavy (non-hydrogen) atoms. The van der Waals surface area contributed by atoms with Crippen LogP contribution >= 0.6 is 15.9 Å². The minimum Gasteiger partial charge on any atom is -0.494 e. The van der Waals surface area contributed by atoms with Crippen molar-refractivity contribution in [2.75, 3.05) is 11.4 Å². The molecule has 0 unspecified atom stereocenters. The predicted octanol–water partition coefficient (Wildman–Crippen LogP) is 3.15. The van der Waals surface area contributed by atoms with Crippen LogP contribution in [0.1, 0.15) is 0 Å². The zero-order valence-corrected chi connectivity index (χ0v) is 18.2. The normalized spacial score (nSPS) is 11.5. The number of anilines is 2. The van der Waals surface area contributed by atoms with Gasteiger partial charge in [-0.2, -0.15) is 5.10 Å². The molecule has 0 aliphatic carbocycles. The summed E-state index contributed by atoms with van der Waals surface area (Å²) < 4.78 is 48.0. The maximum absolute atomic E-state index is 14.4. The fraction of sp³-hybridized carbons (Fsp3) is 0.0526. The smallest absolute Gasteiger partial charge is 0.270 e. The van der Waals surface area contributed by atoms with Crippen LogP contribution in [0, 0.1) is 5.82 Å². The molecule has 0 bridgehead atoms. The molecular weight excluding hydrogens is 493 g/mol. The molecule has 0 spiro atoms. The van der Waals surface area contributed by atoms with E-state index in [2.05, 4.69) is 36.1 Å². The molecule has 9 nitrogen and oxygen atoms in total. The Kier molecular flexibility index (Phi) is 5.41. The first-order valence-electron chi connectivity index (χ1n) is 8.66. The third-order valence-electron chi connectivity index (χ3n) is 4.29. The van der Waals surface area contributed by atoms with Crippen molar-refractivity contribution in [3.8, 4) is 5.75 Å². The van der Waals surface area contributed by atoms with Crippen molar-refractivity contribution in [1.82, 2.24) is 20.2 Å². The second-order valence-corrected chi connectivity index (χ2v) is 8.86. The van der Waals surface area contributed by atoms with Gasteiger partial charge in [0.05, 0.1) is 33.7 Å². The highest BCUT2D eigenvalue weighted by Gasteiger charge is 2.31. The zero-order valence-electron chi connectivity index (χ0n) is 15.8. The number of ether oxygens (including phenoxy) is 1. The van der Waals surface area contributed by atoms with Gasteiger partial charge in [-0.05, 0) is 52.3 Å². The number of hydrogen-bond acceptors (Lipinski definition) is 7. The number of H-pyrrole nitrogens is 1. The van der Waals surface area contributed by atoms with Gasteiger partial charge in [-0.25, -0.2) is 22.1 Å². The van der Waals surface area contributed by atoms with E-state index in [0.717, 1.165) is 16.6 Å². The molecule has 0 radical (unpaired) electrons. The Hall–Kier alpha value is -3.38. The first-order valence-corrected chi connectivity index (χ1v) is 10.9. The Bertz CT molecular complexity index is 1450. The summed E-state index contributed by atoms with van der Waals surface area (Å²) in [5.41, 5.74) is 0.107. The van der Waals surface area contributed by atoms with Crippen LogP contribution in [0.3, 0.4) is 0 Å². The molecular formula is C19H13BrFN5O4S. The summed E-state index contributed by atoms with van der Waals surface area (Å²) in [7, 11) is -3.00. The number of benzene rings is 2. The molecule has 2 heterocycles. The van der Waals surface area contributed by atoms with E-state index in [1.165, 1.54) is 49.7 Å². The number of rotatable bonds is 5. The topological polar surface area (TPSA) is 118 Å². The second-order valence-electron chi connectivity index (χ2n) is 6.22. The summed E-state index contributed by atoms with van der Waals surface area (Å²) in [6, 6.07) is 9.28. The Morgan fingerprint density at radius 1 is 1.19 bits per heavy atom. The first kappa shape index (κ1) is 20.9. The third kappa shape index (κ3) is 3.86. The molecule has 0 fully saturated rings. The maximum Gasteiger partial charge on any atom is 0.270 e. The van der Waals surface area contributed by atoms with Crippen molar-refractivity contribution >= 4 is 48.5 Å². The minimum atomic E-state index is -4.33. The summed E-state index contributed by atoms with van der Waals surface area (Å²) in [6.07, 6.45) is 2.43.